The molecule has 0 aromatic heterocycles. The van der Waals surface area contributed by atoms with Gasteiger partial charge in [0.2, 0.25) is 0 Å². The molecule has 0 aliphatic heterocycles. The maximum absolute atomic E-state index is 9.62. The molecule has 1 fully saturated rings. The van der Waals surface area contributed by atoms with E-state index in [-0.39, 0.29) is 6.10 Å². The third-order valence-corrected chi connectivity index (χ3v) is 4.27. The van der Waals surface area contributed by atoms with Gasteiger partial charge in [0.05, 0.1) is 6.10 Å². The molecule has 0 radical (unpaired) electrons. The molecule has 2 rings (SSSR count). The van der Waals surface area contributed by atoms with Gasteiger partial charge in [0.15, 0.2) is 0 Å². The van der Waals surface area contributed by atoms with Crippen molar-refractivity contribution in [1.29, 1.82) is 0 Å². The molecule has 2 nitrogen and oxygen atoms in total. The van der Waals surface area contributed by atoms with Crippen LogP contribution < -0.4 is 4.90 Å². The number of nitrogens with zero attached hydrogens (tertiary/aromatic N) is 1. The Hall–Kier alpha value is -1.02. The van der Waals surface area contributed by atoms with Crippen LogP contribution >= 0.6 is 0 Å². The van der Waals surface area contributed by atoms with Crippen LogP contribution in [0.2, 0.25) is 0 Å². The fraction of sp³-hybridized carbons (Fsp3) is 0.625. The van der Waals surface area contributed by atoms with Crippen LogP contribution in [-0.2, 0) is 6.42 Å². The van der Waals surface area contributed by atoms with Gasteiger partial charge in [0, 0.05) is 18.8 Å². The van der Waals surface area contributed by atoms with Crippen molar-refractivity contribution in [2.75, 3.05) is 11.9 Å². The highest BCUT2D eigenvalue weighted by Crippen LogP contribution is 2.31. The average Bonchev–Trinajstić information content (AvgIpc) is 2.38. The van der Waals surface area contributed by atoms with Crippen molar-refractivity contribution in [2.45, 2.75) is 58.1 Å². The Balaban J connectivity index is 2.20. The molecule has 1 aromatic carbocycles. The zero-order chi connectivity index (χ0) is 13.1. The minimum Gasteiger partial charge on any atom is -0.393 e. The van der Waals surface area contributed by atoms with E-state index in [4.69, 9.17) is 0 Å². The van der Waals surface area contributed by atoms with Crippen LogP contribution in [0.15, 0.2) is 18.2 Å². The van der Waals surface area contributed by atoms with E-state index in [0.29, 0.717) is 6.04 Å². The van der Waals surface area contributed by atoms with Gasteiger partial charge in [-0.2, -0.15) is 0 Å². The van der Waals surface area contributed by atoms with E-state index in [9.17, 15) is 5.11 Å². The van der Waals surface area contributed by atoms with Gasteiger partial charge in [-0.05, 0) is 50.2 Å². The van der Waals surface area contributed by atoms with E-state index in [1.807, 2.05) is 0 Å². The Morgan fingerprint density at radius 3 is 2.50 bits per heavy atom. The molecule has 0 amide bonds. The number of hydrogen-bond donors (Lipinski definition) is 1. The van der Waals surface area contributed by atoms with Crippen LogP contribution in [0.4, 0.5) is 5.69 Å². The van der Waals surface area contributed by atoms with Crippen molar-refractivity contribution in [2.24, 2.45) is 0 Å². The highest BCUT2D eigenvalue weighted by Gasteiger charge is 2.24. The number of aryl methyl sites for hydroxylation is 2. The Morgan fingerprint density at radius 1 is 1.22 bits per heavy atom. The monoisotopic (exact) mass is 247 g/mol. The van der Waals surface area contributed by atoms with E-state index in [1.54, 1.807) is 0 Å². The lowest BCUT2D eigenvalue weighted by molar-refractivity contribution is 0.122. The molecule has 0 bridgehead atoms. The number of benzene rings is 1. The normalized spacial score (nSPS) is 24.0. The van der Waals surface area contributed by atoms with E-state index < -0.39 is 0 Å². The summed E-state index contributed by atoms with van der Waals surface area (Å²) in [6, 6.07) is 7.16. The van der Waals surface area contributed by atoms with Gasteiger partial charge in [0.25, 0.3) is 0 Å². The molecule has 1 aliphatic carbocycles. The predicted octanol–water partition coefficient (Wildman–Crippen LogP) is 3.30. The maximum atomic E-state index is 9.62. The molecule has 1 aliphatic rings. The summed E-state index contributed by atoms with van der Waals surface area (Å²) in [5.74, 6) is 0. The molecular formula is C16H25NO. The van der Waals surface area contributed by atoms with Crippen molar-refractivity contribution in [3.05, 3.63) is 29.3 Å². The van der Waals surface area contributed by atoms with Gasteiger partial charge in [0.1, 0.15) is 0 Å². The van der Waals surface area contributed by atoms with Crippen LogP contribution in [0.5, 0.6) is 0 Å². The third-order valence-electron chi connectivity index (χ3n) is 4.27. The zero-order valence-electron chi connectivity index (χ0n) is 11.8. The summed E-state index contributed by atoms with van der Waals surface area (Å²) in [7, 11) is 2.21. The number of anilines is 1. The highest BCUT2D eigenvalue weighted by molar-refractivity contribution is 5.59. The van der Waals surface area contributed by atoms with E-state index in [2.05, 4.69) is 44.0 Å². The molecular weight excluding hydrogens is 222 g/mol. The topological polar surface area (TPSA) is 23.5 Å². The van der Waals surface area contributed by atoms with Gasteiger partial charge < -0.3 is 10.0 Å². The van der Waals surface area contributed by atoms with Crippen molar-refractivity contribution < 1.29 is 5.11 Å². The predicted molar refractivity (Wildman–Crippen MR) is 77.2 cm³/mol. The summed E-state index contributed by atoms with van der Waals surface area (Å²) in [4.78, 5) is 2.44. The minimum atomic E-state index is -0.0721. The third kappa shape index (κ3) is 2.69. The van der Waals surface area contributed by atoms with Gasteiger partial charge >= 0.3 is 0 Å². The first-order chi connectivity index (χ1) is 8.63. The zero-order valence-corrected chi connectivity index (χ0v) is 11.8. The first-order valence-corrected chi connectivity index (χ1v) is 7.12. The molecule has 1 aromatic rings. The number of para-hydroxylation sites is 1. The molecule has 1 N–H and O–H groups in total. The van der Waals surface area contributed by atoms with E-state index in [0.717, 1.165) is 32.1 Å². The standard InChI is InChI=1S/C16H25NO/c1-4-13-7-5-6-12(2)16(13)17(3)14-8-10-15(18)11-9-14/h5-7,14-15,18H,4,8-11H2,1-3H3. The molecule has 0 unspecified atom stereocenters. The number of aliphatic hydroxyl groups excluding tert-OH is 1. The Bertz CT molecular complexity index is 394. The van der Waals surface area contributed by atoms with E-state index in [1.165, 1.54) is 16.8 Å². The quantitative estimate of drug-likeness (QED) is 0.886. The molecule has 100 valence electrons. The fourth-order valence-corrected chi connectivity index (χ4v) is 3.14. The lowest BCUT2D eigenvalue weighted by Crippen LogP contribution is -2.37. The maximum Gasteiger partial charge on any atom is 0.0541 e. The Labute approximate surface area is 111 Å². The molecule has 1 saturated carbocycles. The van der Waals surface area contributed by atoms with Crippen molar-refractivity contribution in [3.8, 4) is 0 Å². The Kier molecular flexibility index (Phi) is 4.28. The summed E-state index contributed by atoms with van der Waals surface area (Å²) in [6.07, 6.45) is 5.11. The van der Waals surface area contributed by atoms with Gasteiger partial charge in [-0.15, -0.1) is 0 Å². The first kappa shape index (κ1) is 13.4. The van der Waals surface area contributed by atoms with Crippen LogP contribution in [0.1, 0.15) is 43.7 Å². The second-order valence-corrected chi connectivity index (χ2v) is 5.51. The second kappa shape index (κ2) is 5.75. The molecule has 18 heavy (non-hydrogen) atoms. The number of hydrogen-bond acceptors (Lipinski definition) is 2. The fourth-order valence-electron chi connectivity index (χ4n) is 3.14. The van der Waals surface area contributed by atoms with Gasteiger partial charge in [-0.25, -0.2) is 0 Å². The lowest BCUT2D eigenvalue weighted by Gasteiger charge is -2.36. The van der Waals surface area contributed by atoms with Crippen molar-refractivity contribution in [1.82, 2.24) is 0 Å². The van der Waals surface area contributed by atoms with E-state index >= 15 is 0 Å². The summed E-state index contributed by atoms with van der Waals surface area (Å²) in [5, 5.41) is 9.62. The molecule has 0 atom stereocenters. The number of aliphatic hydroxyl groups is 1. The summed E-state index contributed by atoms with van der Waals surface area (Å²) in [6.45, 7) is 4.42. The van der Waals surface area contributed by atoms with Crippen LogP contribution in [-0.4, -0.2) is 24.3 Å². The molecule has 2 heteroatoms. The summed E-state index contributed by atoms with van der Waals surface area (Å²) in [5.41, 5.74) is 4.20. The summed E-state index contributed by atoms with van der Waals surface area (Å²) >= 11 is 0. The first-order valence-electron chi connectivity index (χ1n) is 7.12. The SMILES string of the molecule is CCc1cccc(C)c1N(C)C1CCC(O)CC1. The van der Waals surface area contributed by atoms with Gasteiger partial charge in [-0.3, -0.25) is 0 Å². The van der Waals surface area contributed by atoms with Gasteiger partial charge in [-0.1, -0.05) is 25.1 Å². The molecule has 0 heterocycles. The largest absolute Gasteiger partial charge is 0.393 e. The van der Waals surface area contributed by atoms with Crippen molar-refractivity contribution in [3.63, 3.8) is 0 Å². The molecule has 0 saturated heterocycles. The highest BCUT2D eigenvalue weighted by atomic mass is 16.3. The molecule has 0 spiro atoms. The summed E-state index contributed by atoms with van der Waals surface area (Å²) < 4.78 is 0. The Morgan fingerprint density at radius 2 is 1.89 bits per heavy atom. The van der Waals surface area contributed by atoms with Crippen molar-refractivity contribution >= 4 is 5.69 Å². The van der Waals surface area contributed by atoms with Crippen LogP contribution in [0.25, 0.3) is 0 Å². The van der Waals surface area contributed by atoms with Crippen LogP contribution in [0.3, 0.4) is 0 Å². The smallest absolute Gasteiger partial charge is 0.0541 e. The number of rotatable bonds is 3. The minimum absolute atomic E-state index is 0.0721. The van der Waals surface area contributed by atoms with Crippen LogP contribution in [0, 0.1) is 6.92 Å². The average molecular weight is 247 g/mol. The second-order valence-electron chi connectivity index (χ2n) is 5.51. The lowest BCUT2D eigenvalue weighted by atomic mass is 9.91.